The molecule has 0 saturated carbocycles. The van der Waals surface area contributed by atoms with Crippen LogP contribution in [0.25, 0.3) is 0 Å². The van der Waals surface area contributed by atoms with Crippen molar-refractivity contribution in [1.82, 2.24) is 0 Å². The molecule has 0 spiro atoms. The summed E-state index contributed by atoms with van der Waals surface area (Å²) in [5, 5.41) is 0. The monoisotopic (exact) mass is 234 g/mol. The Balaban J connectivity index is 4.65. The quantitative estimate of drug-likeness (QED) is 0.474. The van der Waals surface area contributed by atoms with Crippen LogP contribution in [-0.2, 0) is 18.0 Å². The van der Waals surface area contributed by atoms with Gasteiger partial charge < -0.3 is 18.0 Å². The Morgan fingerprint density at radius 2 is 1.67 bits per heavy atom. The highest BCUT2D eigenvalue weighted by atomic mass is 28.4. The van der Waals surface area contributed by atoms with E-state index in [4.69, 9.17) is 18.0 Å². The van der Waals surface area contributed by atoms with E-state index in [1.165, 1.54) is 0 Å². The topological polar surface area (TPSA) is 36.9 Å². The van der Waals surface area contributed by atoms with Gasteiger partial charge in [0.2, 0.25) is 0 Å². The molecular weight excluding hydrogens is 212 g/mol. The van der Waals surface area contributed by atoms with E-state index in [2.05, 4.69) is 6.58 Å². The lowest BCUT2D eigenvalue weighted by atomic mass is 10.4. The van der Waals surface area contributed by atoms with E-state index < -0.39 is 8.80 Å². The third-order valence-corrected chi connectivity index (χ3v) is 5.37. The Morgan fingerprint density at radius 3 is 1.93 bits per heavy atom. The van der Waals surface area contributed by atoms with E-state index in [0.717, 1.165) is 6.42 Å². The smallest absolute Gasteiger partial charge is 0.375 e. The molecule has 0 fully saturated rings. The van der Waals surface area contributed by atoms with Gasteiger partial charge >= 0.3 is 8.80 Å². The van der Waals surface area contributed by atoms with Crippen LogP contribution in [0.1, 0.15) is 20.3 Å². The zero-order valence-corrected chi connectivity index (χ0v) is 11.3. The molecule has 0 saturated heterocycles. The molecule has 0 radical (unpaired) electrons. The number of rotatable bonds is 8. The fraction of sp³-hybridized carbons (Fsp3) is 0.800. The minimum atomic E-state index is -2.70. The first-order valence-electron chi connectivity index (χ1n) is 5.03. The molecular formula is C10H22O4Si. The highest BCUT2D eigenvalue weighted by molar-refractivity contribution is 6.62. The third kappa shape index (κ3) is 3.69. The fourth-order valence-corrected chi connectivity index (χ4v) is 3.56. The van der Waals surface area contributed by atoms with E-state index in [9.17, 15) is 0 Å². The Labute approximate surface area is 93.5 Å². The summed E-state index contributed by atoms with van der Waals surface area (Å²) >= 11 is 0. The number of hydrogen-bond acceptors (Lipinski definition) is 4. The number of hydrogen-bond donors (Lipinski definition) is 0. The zero-order chi connectivity index (χ0) is 11.9. The van der Waals surface area contributed by atoms with Gasteiger partial charge in [-0.05, 0) is 13.3 Å². The van der Waals surface area contributed by atoms with Gasteiger partial charge in [-0.3, -0.25) is 0 Å². The molecule has 5 heteroatoms. The summed E-state index contributed by atoms with van der Waals surface area (Å²) in [6.07, 6.45) is 2.48. The predicted molar refractivity (Wildman–Crippen MR) is 61.6 cm³/mol. The standard InChI is InChI=1S/C10H22O4Si/c1-7-9(3)14-10(8-2)15(11-4,12-5)13-6/h7,9-10H,1,8H2,2-6H3. The van der Waals surface area contributed by atoms with Gasteiger partial charge in [-0.1, -0.05) is 13.0 Å². The van der Waals surface area contributed by atoms with Crippen LogP contribution in [0.4, 0.5) is 0 Å². The Bertz CT molecular complexity index is 174. The minimum Gasteiger partial charge on any atom is -0.375 e. The van der Waals surface area contributed by atoms with Crippen molar-refractivity contribution in [3.8, 4) is 0 Å². The molecule has 0 rings (SSSR count). The Kier molecular flexibility index (Phi) is 7.04. The first-order chi connectivity index (χ1) is 7.10. The van der Waals surface area contributed by atoms with Crippen LogP contribution >= 0.6 is 0 Å². The zero-order valence-electron chi connectivity index (χ0n) is 10.3. The second-order valence-electron chi connectivity index (χ2n) is 3.19. The molecule has 0 aliphatic rings. The van der Waals surface area contributed by atoms with Crippen molar-refractivity contribution >= 4 is 8.80 Å². The van der Waals surface area contributed by atoms with Crippen molar-refractivity contribution < 1.29 is 18.0 Å². The van der Waals surface area contributed by atoms with Gasteiger partial charge in [-0.25, -0.2) is 0 Å². The second-order valence-corrected chi connectivity index (χ2v) is 6.27. The molecule has 15 heavy (non-hydrogen) atoms. The third-order valence-electron chi connectivity index (χ3n) is 2.33. The molecule has 0 aromatic rings. The molecule has 0 aliphatic heterocycles. The largest absolute Gasteiger partial charge is 0.530 e. The molecule has 0 heterocycles. The molecule has 0 amide bonds. The molecule has 2 atom stereocenters. The van der Waals surface area contributed by atoms with Crippen LogP contribution in [-0.4, -0.2) is 42.0 Å². The molecule has 0 aromatic carbocycles. The summed E-state index contributed by atoms with van der Waals surface area (Å²) < 4.78 is 21.9. The Hall–Kier alpha value is -0.203. The molecule has 90 valence electrons. The summed E-state index contributed by atoms with van der Waals surface area (Å²) in [4.78, 5) is 0. The highest BCUT2D eigenvalue weighted by Crippen LogP contribution is 2.19. The van der Waals surface area contributed by atoms with Crippen LogP contribution in [0, 0.1) is 0 Å². The van der Waals surface area contributed by atoms with Crippen molar-refractivity contribution in [2.45, 2.75) is 32.1 Å². The molecule has 0 aromatic heterocycles. The van der Waals surface area contributed by atoms with E-state index in [1.807, 2.05) is 13.8 Å². The SMILES string of the molecule is C=CC(C)OC(CC)[Si](OC)(OC)OC. The Morgan fingerprint density at radius 1 is 1.20 bits per heavy atom. The molecule has 0 bridgehead atoms. The van der Waals surface area contributed by atoms with Gasteiger partial charge in [0.1, 0.15) is 5.73 Å². The van der Waals surface area contributed by atoms with Gasteiger partial charge in [0, 0.05) is 21.3 Å². The predicted octanol–water partition coefficient (Wildman–Crippen LogP) is 1.77. The van der Waals surface area contributed by atoms with Crippen LogP contribution in [0.2, 0.25) is 0 Å². The van der Waals surface area contributed by atoms with E-state index in [0.29, 0.717) is 0 Å². The summed E-state index contributed by atoms with van der Waals surface area (Å²) in [6.45, 7) is 7.62. The summed E-state index contributed by atoms with van der Waals surface area (Å²) in [7, 11) is 2.07. The average Bonchev–Trinajstić information content (AvgIpc) is 2.29. The molecule has 0 N–H and O–H groups in total. The highest BCUT2D eigenvalue weighted by Gasteiger charge is 2.48. The number of ether oxygens (including phenoxy) is 1. The van der Waals surface area contributed by atoms with E-state index >= 15 is 0 Å². The van der Waals surface area contributed by atoms with Gasteiger partial charge in [-0.15, -0.1) is 6.58 Å². The van der Waals surface area contributed by atoms with E-state index in [-0.39, 0.29) is 11.8 Å². The van der Waals surface area contributed by atoms with Gasteiger partial charge in [0.15, 0.2) is 0 Å². The van der Waals surface area contributed by atoms with Crippen molar-refractivity contribution in [2.75, 3.05) is 21.3 Å². The molecule has 2 unspecified atom stereocenters. The summed E-state index contributed by atoms with van der Waals surface area (Å²) in [5.74, 6) is 0. The second kappa shape index (κ2) is 7.13. The molecule has 0 aliphatic carbocycles. The van der Waals surface area contributed by atoms with Gasteiger partial charge in [0.25, 0.3) is 0 Å². The maximum absolute atomic E-state index is 5.76. The van der Waals surface area contributed by atoms with Crippen molar-refractivity contribution in [3.05, 3.63) is 12.7 Å². The van der Waals surface area contributed by atoms with Gasteiger partial charge in [0.05, 0.1) is 6.10 Å². The van der Waals surface area contributed by atoms with Crippen LogP contribution in [0.3, 0.4) is 0 Å². The first-order valence-corrected chi connectivity index (χ1v) is 6.83. The maximum Gasteiger partial charge on any atom is 0.530 e. The lowest BCUT2D eigenvalue weighted by Gasteiger charge is -2.32. The minimum absolute atomic E-state index is 0.0396. The van der Waals surface area contributed by atoms with Crippen molar-refractivity contribution in [2.24, 2.45) is 0 Å². The van der Waals surface area contributed by atoms with Crippen molar-refractivity contribution in [1.29, 1.82) is 0 Å². The van der Waals surface area contributed by atoms with Gasteiger partial charge in [-0.2, -0.15) is 0 Å². The molecule has 4 nitrogen and oxygen atoms in total. The van der Waals surface area contributed by atoms with E-state index in [1.54, 1.807) is 27.4 Å². The lowest BCUT2D eigenvalue weighted by Crippen LogP contribution is -2.56. The van der Waals surface area contributed by atoms with Crippen LogP contribution in [0.5, 0.6) is 0 Å². The van der Waals surface area contributed by atoms with Crippen LogP contribution in [0.15, 0.2) is 12.7 Å². The first kappa shape index (κ1) is 14.8. The summed E-state index contributed by atoms with van der Waals surface area (Å²) in [6, 6.07) is 0. The average molecular weight is 234 g/mol. The van der Waals surface area contributed by atoms with Crippen molar-refractivity contribution in [3.63, 3.8) is 0 Å². The fourth-order valence-electron chi connectivity index (χ4n) is 1.39. The summed E-state index contributed by atoms with van der Waals surface area (Å²) in [5.41, 5.74) is -0.162. The lowest BCUT2D eigenvalue weighted by molar-refractivity contribution is -0.00630. The van der Waals surface area contributed by atoms with Crippen LogP contribution < -0.4 is 0 Å². The maximum atomic E-state index is 5.76. The normalized spacial score (nSPS) is 16.1.